The van der Waals surface area contributed by atoms with Crippen molar-refractivity contribution in [3.05, 3.63) is 0 Å². The number of amides is 2. The van der Waals surface area contributed by atoms with Crippen molar-refractivity contribution in [2.75, 3.05) is 19.6 Å². The van der Waals surface area contributed by atoms with Gasteiger partial charge in [-0.2, -0.15) is 0 Å². The Kier molecular flexibility index (Phi) is 7.79. The zero-order chi connectivity index (χ0) is 14.9. The molecule has 0 aliphatic carbocycles. The van der Waals surface area contributed by atoms with Crippen LogP contribution in [0.2, 0.25) is 0 Å². The number of hydrogen-bond donors (Lipinski definition) is 1. The summed E-state index contributed by atoms with van der Waals surface area (Å²) in [5, 5.41) is 2.58. The third-order valence-corrected chi connectivity index (χ3v) is 2.22. The molecular formula is C13H24N2O4. The minimum atomic E-state index is -0.541. The van der Waals surface area contributed by atoms with Crippen molar-refractivity contribution in [2.24, 2.45) is 0 Å². The standard InChI is InChI=1S/C13H24N2O4/c1-5-11(17)15(8-6-10-16)9-7-14-12(18)19-13(2,3)4/h10H,5-9H2,1-4H3,(H,14,18). The third kappa shape index (κ3) is 9.04. The Balaban J connectivity index is 4.08. The molecule has 0 rings (SSSR count). The molecule has 0 aromatic heterocycles. The molecular weight excluding hydrogens is 248 g/mol. The molecule has 0 aliphatic heterocycles. The minimum absolute atomic E-state index is 0.0344. The molecule has 0 atom stereocenters. The summed E-state index contributed by atoms with van der Waals surface area (Å²) < 4.78 is 5.08. The molecule has 0 aliphatic rings. The van der Waals surface area contributed by atoms with Gasteiger partial charge in [0.15, 0.2) is 0 Å². The smallest absolute Gasteiger partial charge is 0.407 e. The summed E-state index contributed by atoms with van der Waals surface area (Å²) in [6, 6.07) is 0. The first-order valence-corrected chi connectivity index (χ1v) is 6.48. The lowest BCUT2D eigenvalue weighted by molar-refractivity contribution is -0.131. The fourth-order valence-corrected chi connectivity index (χ4v) is 1.40. The molecule has 6 heteroatoms. The summed E-state index contributed by atoms with van der Waals surface area (Å²) in [7, 11) is 0. The highest BCUT2D eigenvalue weighted by molar-refractivity contribution is 5.76. The monoisotopic (exact) mass is 272 g/mol. The molecule has 1 N–H and O–H groups in total. The first kappa shape index (κ1) is 17.4. The minimum Gasteiger partial charge on any atom is -0.444 e. The molecule has 0 radical (unpaired) electrons. The van der Waals surface area contributed by atoms with Crippen LogP contribution in [0.4, 0.5) is 4.79 Å². The van der Waals surface area contributed by atoms with Gasteiger partial charge in [-0.15, -0.1) is 0 Å². The van der Waals surface area contributed by atoms with E-state index < -0.39 is 11.7 Å². The molecule has 0 unspecified atom stereocenters. The lowest BCUT2D eigenvalue weighted by Crippen LogP contribution is -2.40. The summed E-state index contributed by atoms with van der Waals surface area (Å²) in [4.78, 5) is 34.9. The predicted octanol–water partition coefficient (Wildman–Crippen LogP) is 1.34. The van der Waals surface area contributed by atoms with Crippen molar-refractivity contribution in [1.29, 1.82) is 0 Å². The average Bonchev–Trinajstić information content (AvgIpc) is 2.30. The van der Waals surface area contributed by atoms with Crippen LogP contribution in [0.3, 0.4) is 0 Å². The number of carbonyl (C=O) groups is 3. The summed E-state index contributed by atoms with van der Waals surface area (Å²) in [5.74, 6) is -0.0344. The Morgan fingerprint density at radius 2 is 1.89 bits per heavy atom. The molecule has 0 spiro atoms. The zero-order valence-electron chi connectivity index (χ0n) is 12.2. The van der Waals surface area contributed by atoms with Crippen LogP contribution in [0.1, 0.15) is 40.5 Å². The summed E-state index contributed by atoms with van der Waals surface area (Å²) in [6.07, 6.45) is 0.951. The Labute approximate surface area is 114 Å². The van der Waals surface area contributed by atoms with Crippen LogP contribution in [-0.4, -0.2) is 48.4 Å². The summed E-state index contributed by atoms with van der Waals surface area (Å²) >= 11 is 0. The second-order valence-electron chi connectivity index (χ2n) is 5.12. The predicted molar refractivity (Wildman–Crippen MR) is 71.8 cm³/mol. The van der Waals surface area contributed by atoms with Crippen molar-refractivity contribution in [1.82, 2.24) is 10.2 Å². The van der Waals surface area contributed by atoms with Gasteiger partial charge in [0.2, 0.25) is 5.91 Å². The molecule has 0 aromatic rings. The topological polar surface area (TPSA) is 75.7 Å². The first-order valence-electron chi connectivity index (χ1n) is 6.48. The maximum atomic E-state index is 11.6. The molecule has 0 saturated heterocycles. The van der Waals surface area contributed by atoms with Crippen LogP contribution in [-0.2, 0) is 14.3 Å². The lowest BCUT2D eigenvalue weighted by atomic mass is 10.2. The van der Waals surface area contributed by atoms with Crippen molar-refractivity contribution >= 4 is 18.3 Å². The van der Waals surface area contributed by atoms with Crippen molar-refractivity contribution in [3.63, 3.8) is 0 Å². The number of nitrogens with one attached hydrogen (secondary N) is 1. The van der Waals surface area contributed by atoms with Gasteiger partial charge in [-0.1, -0.05) is 6.92 Å². The van der Waals surface area contributed by atoms with E-state index in [2.05, 4.69) is 5.32 Å². The summed E-state index contributed by atoms with van der Waals surface area (Å²) in [5.41, 5.74) is -0.541. The van der Waals surface area contributed by atoms with Crippen molar-refractivity contribution in [3.8, 4) is 0 Å². The lowest BCUT2D eigenvalue weighted by Gasteiger charge is -2.23. The average molecular weight is 272 g/mol. The number of carbonyl (C=O) groups excluding carboxylic acids is 3. The highest BCUT2D eigenvalue weighted by atomic mass is 16.6. The Hall–Kier alpha value is -1.59. The van der Waals surface area contributed by atoms with Crippen LogP contribution < -0.4 is 5.32 Å². The largest absolute Gasteiger partial charge is 0.444 e. The second-order valence-corrected chi connectivity index (χ2v) is 5.12. The van der Waals surface area contributed by atoms with Crippen LogP contribution >= 0.6 is 0 Å². The molecule has 110 valence electrons. The SMILES string of the molecule is CCC(=O)N(CCC=O)CCNC(=O)OC(C)(C)C. The Bertz CT molecular complexity index is 310. The van der Waals surface area contributed by atoms with E-state index in [1.165, 1.54) is 0 Å². The third-order valence-electron chi connectivity index (χ3n) is 2.22. The van der Waals surface area contributed by atoms with Gasteiger partial charge < -0.3 is 19.7 Å². The highest BCUT2D eigenvalue weighted by Crippen LogP contribution is 2.06. The quantitative estimate of drug-likeness (QED) is 0.710. The van der Waals surface area contributed by atoms with Crippen molar-refractivity contribution in [2.45, 2.75) is 46.1 Å². The van der Waals surface area contributed by atoms with Gasteiger partial charge in [0.1, 0.15) is 11.9 Å². The summed E-state index contributed by atoms with van der Waals surface area (Å²) in [6.45, 7) is 8.17. The molecule has 0 aromatic carbocycles. The van der Waals surface area contributed by atoms with E-state index in [1.807, 2.05) is 0 Å². The number of ether oxygens (including phenoxy) is 1. The van der Waals surface area contributed by atoms with E-state index in [9.17, 15) is 14.4 Å². The van der Waals surface area contributed by atoms with E-state index in [1.54, 1.807) is 32.6 Å². The maximum absolute atomic E-state index is 11.6. The zero-order valence-corrected chi connectivity index (χ0v) is 12.2. The van der Waals surface area contributed by atoms with Gasteiger partial charge >= 0.3 is 6.09 Å². The number of alkyl carbamates (subject to hydrolysis) is 1. The van der Waals surface area contributed by atoms with Gasteiger partial charge in [0.05, 0.1) is 0 Å². The van der Waals surface area contributed by atoms with E-state index >= 15 is 0 Å². The van der Waals surface area contributed by atoms with Gasteiger partial charge in [-0.25, -0.2) is 4.79 Å². The molecule has 0 fully saturated rings. The van der Waals surface area contributed by atoms with Gasteiger partial charge in [0.25, 0.3) is 0 Å². The number of aldehydes is 1. The van der Waals surface area contributed by atoms with E-state index in [-0.39, 0.29) is 5.91 Å². The molecule has 19 heavy (non-hydrogen) atoms. The van der Waals surface area contributed by atoms with Gasteiger partial charge in [0, 0.05) is 32.5 Å². The molecule has 0 bridgehead atoms. The first-order chi connectivity index (χ1) is 8.80. The van der Waals surface area contributed by atoms with E-state index in [0.717, 1.165) is 6.29 Å². The van der Waals surface area contributed by atoms with E-state index in [0.29, 0.717) is 32.5 Å². The number of hydrogen-bond acceptors (Lipinski definition) is 4. The van der Waals surface area contributed by atoms with Crippen LogP contribution in [0.15, 0.2) is 0 Å². The van der Waals surface area contributed by atoms with Gasteiger partial charge in [-0.3, -0.25) is 4.79 Å². The Morgan fingerprint density at radius 3 is 2.37 bits per heavy atom. The maximum Gasteiger partial charge on any atom is 0.407 e. The highest BCUT2D eigenvalue weighted by Gasteiger charge is 2.16. The fourth-order valence-electron chi connectivity index (χ4n) is 1.40. The fraction of sp³-hybridized carbons (Fsp3) is 0.769. The molecule has 6 nitrogen and oxygen atoms in total. The molecule has 0 saturated carbocycles. The van der Waals surface area contributed by atoms with Gasteiger partial charge in [-0.05, 0) is 20.8 Å². The van der Waals surface area contributed by atoms with Crippen LogP contribution in [0.5, 0.6) is 0 Å². The number of nitrogens with zero attached hydrogens (tertiary/aromatic N) is 1. The van der Waals surface area contributed by atoms with Crippen LogP contribution in [0, 0.1) is 0 Å². The van der Waals surface area contributed by atoms with E-state index in [4.69, 9.17) is 4.74 Å². The second kappa shape index (κ2) is 8.50. The number of rotatable bonds is 7. The van der Waals surface area contributed by atoms with Crippen molar-refractivity contribution < 1.29 is 19.1 Å². The molecule has 0 heterocycles. The van der Waals surface area contributed by atoms with Crippen LogP contribution in [0.25, 0.3) is 0 Å². The molecule has 2 amide bonds. The Morgan fingerprint density at radius 1 is 1.26 bits per heavy atom. The normalized spacial score (nSPS) is 10.7.